The maximum absolute atomic E-state index is 6.28. The Bertz CT molecular complexity index is 2840. The number of rotatable bonds is 16. The monoisotopic (exact) mass is 972 g/mol. The lowest BCUT2D eigenvalue weighted by atomic mass is 9.95. The fourth-order valence-electron chi connectivity index (χ4n) is 8.43. The number of aryl methyl sites for hydroxylation is 4. The molecule has 0 aliphatic carbocycles. The van der Waals surface area contributed by atoms with Gasteiger partial charge >= 0.3 is 0 Å². The molecule has 71 heavy (non-hydrogen) atoms. The summed E-state index contributed by atoms with van der Waals surface area (Å²) in [7, 11) is 0. The Morgan fingerprint density at radius 3 is 1.52 bits per heavy atom. The van der Waals surface area contributed by atoms with Gasteiger partial charge in [0.25, 0.3) is 12.3 Å². The zero-order valence-electron chi connectivity index (χ0n) is 41.9. The average Bonchev–Trinajstić information content (AvgIpc) is 3.70. The third-order valence-corrected chi connectivity index (χ3v) is 11.4. The van der Waals surface area contributed by atoms with Crippen molar-refractivity contribution in [3.8, 4) is 22.3 Å². The van der Waals surface area contributed by atoms with Crippen molar-refractivity contribution in [1.82, 2.24) is 19.9 Å². The third-order valence-electron chi connectivity index (χ3n) is 11.4. The van der Waals surface area contributed by atoms with Crippen LogP contribution in [0.4, 0.5) is 46.0 Å². The van der Waals surface area contributed by atoms with E-state index in [0.717, 1.165) is 46.0 Å². The number of quaternary nitrogens is 1. The van der Waals surface area contributed by atoms with Gasteiger partial charge in [0.15, 0.2) is 11.6 Å². The van der Waals surface area contributed by atoms with E-state index in [9.17, 15) is 0 Å². The van der Waals surface area contributed by atoms with Crippen LogP contribution in [0.5, 0.6) is 0 Å². The lowest BCUT2D eigenvalue weighted by Crippen LogP contribution is -3.00. The number of nitrogens with one attached hydrogen (secondary N) is 1. The van der Waals surface area contributed by atoms with Gasteiger partial charge in [0.2, 0.25) is 12.2 Å². The van der Waals surface area contributed by atoms with Crippen LogP contribution in [0.2, 0.25) is 0 Å². The van der Waals surface area contributed by atoms with Gasteiger partial charge in [-0.1, -0.05) is 97.1 Å². The second kappa shape index (κ2) is 26.8. The van der Waals surface area contributed by atoms with Gasteiger partial charge in [-0.25, -0.2) is 15.0 Å². The summed E-state index contributed by atoms with van der Waals surface area (Å²) >= 11 is 0. The molecule has 3 heterocycles. The molecule has 0 bridgehead atoms. The highest BCUT2D eigenvalue weighted by Crippen LogP contribution is 2.46. The van der Waals surface area contributed by atoms with Gasteiger partial charge < -0.3 is 36.7 Å². The molecule has 1 atom stereocenters. The highest BCUT2D eigenvalue weighted by molar-refractivity contribution is 5.84. The van der Waals surface area contributed by atoms with Crippen LogP contribution in [0.25, 0.3) is 22.3 Å². The molecule has 3 N–H and O–H groups in total. The van der Waals surface area contributed by atoms with E-state index in [4.69, 9.17) is 23.9 Å². The zero-order valence-corrected chi connectivity index (χ0v) is 42.7. The summed E-state index contributed by atoms with van der Waals surface area (Å²) in [5.74, 6) is 3.12. The molecule has 0 spiro atoms. The van der Waals surface area contributed by atoms with Gasteiger partial charge in [-0.2, -0.15) is 4.98 Å². The molecule has 12 nitrogen and oxygen atoms in total. The second-order valence-corrected chi connectivity index (χ2v) is 16.4. The number of benzene rings is 6. The highest BCUT2D eigenvalue weighted by atomic mass is 35.5. The maximum atomic E-state index is 6.28. The van der Waals surface area contributed by atoms with Crippen molar-refractivity contribution in [1.29, 1.82) is 0 Å². The van der Waals surface area contributed by atoms with E-state index in [1.165, 1.54) is 44.5 Å². The topological polar surface area (TPSA) is 124 Å². The van der Waals surface area contributed by atoms with Crippen LogP contribution in [0.1, 0.15) is 49.9 Å². The summed E-state index contributed by atoms with van der Waals surface area (Å²) < 4.78 is 21.5. The van der Waals surface area contributed by atoms with E-state index in [1.807, 2.05) is 76.2 Å². The predicted molar refractivity (Wildman–Crippen MR) is 283 cm³/mol. The molecular weight excluding hydrogens is 908 g/mol. The molecule has 0 saturated heterocycles. The lowest BCUT2D eigenvalue weighted by molar-refractivity contribution is -0.482. The molecule has 13 heteroatoms. The summed E-state index contributed by atoms with van der Waals surface area (Å²) in [4.78, 5) is 22.6. The summed E-state index contributed by atoms with van der Waals surface area (Å²) in [6.45, 7) is 18.3. The Balaban J connectivity index is 0.000000195. The Hall–Kier alpha value is -7.03. The van der Waals surface area contributed by atoms with Crippen molar-refractivity contribution < 1.29 is 36.7 Å². The number of halogens is 1. The van der Waals surface area contributed by atoms with Crippen LogP contribution in [0, 0.1) is 27.7 Å². The van der Waals surface area contributed by atoms with Crippen LogP contribution in [0.15, 0.2) is 170 Å². The molecule has 6 aromatic carbocycles. The SMILES string of the molecule is CCOC(OCC)OCC.CCOC1N(c2ccccc2)c2nccnc2N1c1cccc(-c2c(C)cccc2C)c1.Cc1cccc(C)c1-c1cccc([NH2+]c2nccnc2Nc2ccccc2)c1.[Cl-]. The van der Waals surface area contributed by atoms with Gasteiger partial charge in [-0.3, -0.25) is 15.1 Å². The largest absolute Gasteiger partial charge is 1.00 e. The first-order chi connectivity index (χ1) is 34.2. The quantitative estimate of drug-likeness (QED) is 0.0711. The number of nitrogens with two attached hydrogens (primary N) is 1. The van der Waals surface area contributed by atoms with E-state index < -0.39 is 6.48 Å². The van der Waals surface area contributed by atoms with Crippen molar-refractivity contribution >= 4 is 46.0 Å². The lowest BCUT2D eigenvalue weighted by Gasteiger charge is -2.31. The molecule has 0 fully saturated rings. The van der Waals surface area contributed by atoms with Gasteiger partial charge in [0.1, 0.15) is 5.69 Å². The molecule has 8 aromatic rings. The first-order valence-electron chi connectivity index (χ1n) is 24.0. The first-order valence-corrected chi connectivity index (χ1v) is 24.0. The molecule has 9 rings (SSSR count). The Morgan fingerprint density at radius 1 is 0.507 bits per heavy atom. The predicted octanol–water partition coefficient (Wildman–Crippen LogP) is 9.78. The summed E-state index contributed by atoms with van der Waals surface area (Å²) in [6.07, 6.45) is 6.51. The van der Waals surface area contributed by atoms with Crippen molar-refractivity contribution in [2.24, 2.45) is 0 Å². The highest BCUT2D eigenvalue weighted by Gasteiger charge is 2.41. The van der Waals surface area contributed by atoms with Crippen LogP contribution in [-0.4, -0.2) is 59.2 Å². The minimum atomic E-state index is -0.472. The van der Waals surface area contributed by atoms with E-state index in [-0.39, 0.29) is 18.8 Å². The van der Waals surface area contributed by atoms with Gasteiger partial charge in [-0.05, 0) is 142 Å². The first kappa shape index (κ1) is 53.3. The number of aromatic nitrogens is 4. The van der Waals surface area contributed by atoms with E-state index >= 15 is 0 Å². The summed E-state index contributed by atoms with van der Waals surface area (Å²) in [5, 5.41) is 5.42. The van der Waals surface area contributed by atoms with Crippen molar-refractivity contribution in [3.05, 3.63) is 193 Å². The molecule has 2 aromatic heterocycles. The number of para-hydroxylation sites is 2. The van der Waals surface area contributed by atoms with Crippen molar-refractivity contribution in [2.45, 2.75) is 68.2 Å². The minimum Gasteiger partial charge on any atom is -1.00 e. The summed E-state index contributed by atoms with van der Waals surface area (Å²) in [6, 6.07) is 50.2. The Labute approximate surface area is 425 Å². The Kier molecular flexibility index (Phi) is 20.1. The average molecular weight is 974 g/mol. The van der Waals surface area contributed by atoms with E-state index in [2.05, 4.69) is 160 Å². The molecule has 0 amide bonds. The van der Waals surface area contributed by atoms with Gasteiger partial charge in [-0.15, -0.1) is 0 Å². The number of anilines is 6. The number of hydrogen-bond acceptors (Lipinski definition) is 11. The van der Waals surface area contributed by atoms with Crippen molar-refractivity contribution in [3.63, 3.8) is 0 Å². The minimum absolute atomic E-state index is 0. The van der Waals surface area contributed by atoms with Crippen LogP contribution < -0.4 is 32.8 Å². The fraction of sp³-hybridized carbons (Fsp3) is 0.241. The number of ether oxygens (including phenoxy) is 4. The molecular formula is C58H65ClN8O4. The number of hydrogen-bond donors (Lipinski definition) is 2. The molecule has 0 saturated carbocycles. The normalized spacial score (nSPS) is 12.5. The van der Waals surface area contributed by atoms with Crippen LogP contribution >= 0.6 is 0 Å². The molecule has 1 aliphatic heterocycles. The Morgan fingerprint density at radius 2 is 0.972 bits per heavy atom. The molecule has 1 unspecified atom stereocenters. The van der Waals surface area contributed by atoms with Crippen LogP contribution in [0.3, 0.4) is 0 Å². The fourth-order valence-corrected chi connectivity index (χ4v) is 8.43. The number of fused-ring (bicyclic) bond motifs is 1. The standard InChI is InChI=1S/C27H26N4O.C24H22N4.C7H16O3.ClH/c1-4-32-27-30(22-13-6-5-7-14-22)25-26(29-17-16-28-25)31(27)23-15-9-12-21(18-23)24-19(2)10-8-11-20(24)3;1-17-8-6-9-18(2)22(17)19-10-7-13-21(16-19)28-24-23(25-14-15-26-24)27-20-11-4-3-5-12-20;1-4-8-7(9-5-2)10-6-3;/h5-18,27H,4H2,1-3H3;3-16H,1-2H3,(H,25,27)(H,26,28);7H,4-6H2,1-3H3;1H. The smallest absolute Gasteiger partial charge is 0.273 e. The van der Waals surface area contributed by atoms with Crippen LogP contribution in [-0.2, 0) is 18.9 Å². The zero-order chi connectivity index (χ0) is 49.2. The summed E-state index contributed by atoms with van der Waals surface area (Å²) in [5.41, 5.74) is 14.1. The molecule has 368 valence electrons. The number of nitrogens with zero attached hydrogens (tertiary/aromatic N) is 6. The van der Waals surface area contributed by atoms with E-state index in [0.29, 0.717) is 26.4 Å². The molecule has 1 aliphatic rings. The maximum Gasteiger partial charge on any atom is 0.273 e. The molecule has 0 radical (unpaired) electrons. The van der Waals surface area contributed by atoms with Crippen molar-refractivity contribution in [2.75, 3.05) is 41.5 Å². The van der Waals surface area contributed by atoms with Gasteiger partial charge in [0.05, 0.1) is 6.20 Å². The van der Waals surface area contributed by atoms with E-state index in [1.54, 1.807) is 24.8 Å². The second-order valence-electron chi connectivity index (χ2n) is 16.4. The van der Waals surface area contributed by atoms with Gasteiger partial charge in [0, 0.05) is 68.1 Å². The third kappa shape index (κ3) is 13.6.